The lowest BCUT2D eigenvalue weighted by Crippen LogP contribution is -2.20. The molecule has 0 aliphatic rings. The van der Waals surface area contributed by atoms with E-state index in [1.165, 1.54) is 6.07 Å². The van der Waals surface area contributed by atoms with E-state index in [1.54, 1.807) is 12.1 Å². The minimum atomic E-state index is -0.219. The maximum atomic E-state index is 13.4. The summed E-state index contributed by atoms with van der Waals surface area (Å²) in [5, 5.41) is 0. The molecule has 1 heterocycles. The first-order valence-electron chi connectivity index (χ1n) is 6.36. The molecule has 2 aromatic rings. The number of hydrogen-bond acceptors (Lipinski definition) is 1. The molecule has 0 bridgehead atoms. The van der Waals surface area contributed by atoms with Crippen LogP contribution in [0.2, 0.25) is 0 Å². The number of benzene rings is 1. The molecule has 19 heavy (non-hydrogen) atoms. The van der Waals surface area contributed by atoms with Gasteiger partial charge in [0.05, 0.1) is 6.04 Å². The minimum Gasteiger partial charge on any atom is -0.337 e. The van der Waals surface area contributed by atoms with E-state index in [0.29, 0.717) is 4.77 Å². The zero-order valence-corrected chi connectivity index (χ0v) is 12.5. The Morgan fingerprint density at radius 3 is 2.58 bits per heavy atom. The molecular formula is C15H19FN2S. The molecule has 0 spiro atoms. The van der Waals surface area contributed by atoms with E-state index in [9.17, 15) is 4.39 Å². The highest BCUT2D eigenvalue weighted by Crippen LogP contribution is 2.28. The average molecular weight is 278 g/mol. The fraction of sp³-hybridized carbons (Fsp3) is 0.400. The normalized spacial score (nSPS) is 13.5. The van der Waals surface area contributed by atoms with Crippen LogP contribution in [-0.4, -0.2) is 9.55 Å². The molecule has 1 aromatic heterocycles. The summed E-state index contributed by atoms with van der Waals surface area (Å²) < 4.78 is 16.1. The highest BCUT2D eigenvalue weighted by molar-refractivity contribution is 7.71. The maximum absolute atomic E-state index is 13.4. The van der Waals surface area contributed by atoms with Crippen molar-refractivity contribution >= 4 is 12.2 Å². The van der Waals surface area contributed by atoms with Gasteiger partial charge in [0, 0.05) is 17.3 Å². The second-order valence-corrected chi connectivity index (χ2v) is 6.22. The van der Waals surface area contributed by atoms with Crippen molar-refractivity contribution in [2.24, 2.45) is 0 Å². The summed E-state index contributed by atoms with van der Waals surface area (Å²) in [5.41, 5.74) is 2.02. The van der Waals surface area contributed by atoms with E-state index in [2.05, 4.69) is 30.3 Å². The smallest absolute Gasteiger partial charge is 0.177 e. The van der Waals surface area contributed by atoms with Crippen LogP contribution in [0, 0.1) is 10.6 Å². The Bertz CT molecular complexity index is 634. The van der Waals surface area contributed by atoms with Gasteiger partial charge in [0.15, 0.2) is 4.77 Å². The quantitative estimate of drug-likeness (QED) is 0.797. The van der Waals surface area contributed by atoms with Gasteiger partial charge in [-0.1, -0.05) is 32.9 Å². The zero-order valence-electron chi connectivity index (χ0n) is 11.7. The largest absolute Gasteiger partial charge is 0.337 e. The van der Waals surface area contributed by atoms with Crippen molar-refractivity contribution < 1.29 is 4.39 Å². The van der Waals surface area contributed by atoms with Crippen LogP contribution >= 0.6 is 12.2 Å². The minimum absolute atomic E-state index is 0.00340. The standard InChI is InChI=1S/C15H19FN2S/c1-10(11-6-5-7-12(16)8-11)18-13(15(2,3)4)9-17-14(18)19/h5-10H,1-4H3,(H,17,19). The van der Waals surface area contributed by atoms with Gasteiger partial charge in [-0.25, -0.2) is 4.39 Å². The number of halogens is 1. The molecule has 0 aliphatic heterocycles. The molecule has 0 radical (unpaired) electrons. The zero-order chi connectivity index (χ0) is 14.2. The summed E-state index contributed by atoms with van der Waals surface area (Å²) >= 11 is 5.36. The Kier molecular flexibility index (Phi) is 3.63. The van der Waals surface area contributed by atoms with Gasteiger partial charge in [0.25, 0.3) is 0 Å². The predicted molar refractivity (Wildman–Crippen MR) is 78.5 cm³/mol. The first kappa shape index (κ1) is 14.0. The summed E-state index contributed by atoms with van der Waals surface area (Å²) in [6, 6.07) is 6.68. The van der Waals surface area contributed by atoms with Gasteiger partial charge < -0.3 is 9.55 Å². The number of nitrogens with one attached hydrogen (secondary N) is 1. The third-order valence-electron chi connectivity index (χ3n) is 3.30. The van der Waals surface area contributed by atoms with Gasteiger partial charge >= 0.3 is 0 Å². The summed E-state index contributed by atoms with van der Waals surface area (Å²) in [6.07, 6.45) is 1.94. The summed E-state index contributed by atoms with van der Waals surface area (Å²) in [4.78, 5) is 3.09. The molecule has 4 heteroatoms. The molecule has 1 unspecified atom stereocenters. The van der Waals surface area contributed by atoms with Crippen molar-refractivity contribution in [2.45, 2.75) is 39.2 Å². The van der Waals surface area contributed by atoms with Crippen LogP contribution in [-0.2, 0) is 5.41 Å². The third-order valence-corrected chi connectivity index (χ3v) is 3.61. The monoisotopic (exact) mass is 278 g/mol. The first-order chi connectivity index (χ1) is 8.80. The number of rotatable bonds is 2. The van der Waals surface area contributed by atoms with Gasteiger partial charge in [-0.2, -0.15) is 0 Å². The van der Waals surface area contributed by atoms with Crippen molar-refractivity contribution in [1.29, 1.82) is 0 Å². The Hall–Kier alpha value is -1.42. The van der Waals surface area contributed by atoms with Crippen LogP contribution in [0.3, 0.4) is 0 Å². The number of nitrogens with zero attached hydrogens (tertiary/aromatic N) is 1. The fourth-order valence-electron chi connectivity index (χ4n) is 2.26. The number of hydrogen-bond donors (Lipinski definition) is 1. The van der Waals surface area contributed by atoms with Gasteiger partial charge in [-0.3, -0.25) is 0 Å². The van der Waals surface area contributed by atoms with E-state index >= 15 is 0 Å². The van der Waals surface area contributed by atoms with Crippen molar-refractivity contribution in [3.05, 3.63) is 52.3 Å². The van der Waals surface area contributed by atoms with Crippen molar-refractivity contribution in [3.63, 3.8) is 0 Å². The molecule has 1 N–H and O–H groups in total. The summed E-state index contributed by atoms with van der Waals surface area (Å²) in [5.74, 6) is -0.219. The number of aromatic amines is 1. The summed E-state index contributed by atoms with van der Waals surface area (Å²) in [7, 11) is 0. The van der Waals surface area contributed by atoms with Gasteiger partial charge in [0.1, 0.15) is 5.82 Å². The number of imidazole rings is 1. The SMILES string of the molecule is CC(c1cccc(F)c1)n1c(C(C)(C)C)c[nH]c1=S. The topological polar surface area (TPSA) is 20.7 Å². The predicted octanol–water partition coefficient (Wildman–Crippen LogP) is 4.59. The highest BCUT2D eigenvalue weighted by Gasteiger charge is 2.22. The lowest BCUT2D eigenvalue weighted by molar-refractivity contribution is 0.493. The van der Waals surface area contributed by atoms with E-state index in [1.807, 2.05) is 19.2 Å². The Morgan fingerprint density at radius 2 is 2.00 bits per heavy atom. The third kappa shape index (κ3) is 2.78. The molecule has 0 amide bonds. The average Bonchev–Trinajstić information content (AvgIpc) is 2.70. The molecule has 0 aliphatic carbocycles. The van der Waals surface area contributed by atoms with Crippen LogP contribution in [0.5, 0.6) is 0 Å². The molecule has 2 rings (SSSR count). The van der Waals surface area contributed by atoms with Crippen LogP contribution in [0.25, 0.3) is 0 Å². The molecule has 1 atom stereocenters. The Labute approximate surface area is 118 Å². The Morgan fingerprint density at radius 1 is 1.32 bits per heavy atom. The van der Waals surface area contributed by atoms with Gasteiger partial charge in [-0.15, -0.1) is 0 Å². The van der Waals surface area contributed by atoms with Crippen LogP contribution in [0.1, 0.15) is 45.0 Å². The molecule has 102 valence electrons. The van der Waals surface area contributed by atoms with E-state index in [0.717, 1.165) is 11.3 Å². The summed E-state index contributed by atoms with van der Waals surface area (Å²) in [6.45, 7) is 8.45. The molecule has 2 nitrogen and oxygen atoms in total. The maximum Gasteiger partial charge on any atom is 0.177 e. The number of aromatic nitrogens is 2. The molecule has 1 aromatic carbocycles. The first-order valence-corrected chi connectivity index (χ1v) is 6.77. The second-order valence-electron chi connectivity index (χ2n) is 5.83. The van der Waals surface area contributed by atoms with Crippen molar-refractivity contribution in [2.75, 3.05) is 0 Å². The van der Waals surface area contributed by atoms with Gasteiger partial charge in [-0.05, 0) is 36.8 Å². The number of H-pyrrole nitrogens is 1. The molecule has 0 saturated heterocycles. The van der Waals surface area contributed by atoms with Crippen LogP contribution in [0.4, 0.5) is 4.39 Å². The van der Waals surface area contributed by atoms with E-state index < -0.39 is 0 Å². The highest BCUT2D eigenvalue weighted by atomic mass is 32.1. The van der Waals surface area contributed by atoms with Crippen LogP contribution < -0.4 is 0 Å². The lowest BCUT2D eigenvalue weighted by atomic mass is 9.92. The molecule has 0 fully saturated rings. The lowest BCUT2D eigenvalue weighted by Gasteiger charge is -2.25. The van der Waals surface area contributed by atoms with Crippen molar-refractivity contribution in [3.8, 4) is 0 Å². The second kappa shape index (κ2) is 4.93. The van der Waals surface area contributed by atoms with E-state index in [-0.39, 0.29) is 17.3 Å². The van der Waals surface area contributed by atoms with Gasteiger partial charge in [0.2, 0.25) is 0 Å². The van der Waals surface area contributed by atoms with Crippen molar-refractivity contribution in [1.82, 2.24) is 9.55 Å². The molecular weight excluding hydrogens is 259 g/mol. The molecule has 0 saturated carbocycles. The Balaban J connectivity index is 2.53. The fourth-order valence-corrected chi connectivity index (χ4v) is 2.57. The van der Waals surface area contributed by atoms with Crippen LogP contribution in [0.15, 0.2) is 30.5 Å². The van der Waals surface area contributed by atoms with E-state index in [4.69, 9.17) is 12.2 Å².